The van der Waals surface area contributed by atoms with Gasteiger partial charge in [0.25, 0.3) is 15.9 Å². The van der Waals surface area contributed by atoms with Gasteiger partial charge in [0.1, 0.15) is 5.54 Å². The molecule has 204 valence electrons. The summed E-state index contributed by atoms with van der Waals surface area (Å²) in [4.78, 5) is 31.6. The van der Waals surface area contributed by atoms with Crippen LogP contribution in [0, 0.1) is 5.92 Å². The summed E-state index contributed by atoms with van der Waals surface area (Å²) in [6, 6.07) is 11.1. The number of halogens is 3. The Morgan fingerprint density at radius 1 is 1.15 bits per heavy atom. The van der Waals surface area contributed by atoms with E-state index in [0.29, 0.717) is 15.7 Å². The topological polar surface area (TPSA) is 122 Å². The molecule has 1 aliphatic carbocycles. The lowest BCUT2D eigenvalue weighted by molar-refractivity contribution is -0.142. The van der Waals surface area contributed by atoms with E-state index >= 15 is 0 Å². The second kappa shape index (κ2) is 10.4. The number of carboxylic acids is 1. The number of hydrogen-bond acceptors (Lipinski definition) is 5. The Morgan fingerprint density at radius 3 is 2.44 bits per heavy atom. The molecule has 0 saturated heterocycles. The monoisotopic (exact) mass is 652 g/mol. The van der Waals surface area contributed by atoms with Crippen LogP contribution in [0.1, 0.15) is 25.3 Å². The Hall–Kier alpha value is -2.70. The van der Waals surface area contributed by atoms with Crippen molar-refractivity contribution in [3.8, 4) is 0 Å². The maximum atomic E-state index is 14.1. The average molecular weight is 654 g/mol. The molecule has 0 spiro atoms. The maximum Gasteiger partial charge on any atom is 0.308 e. The Morgan fingerprint density at radius 2 is 1.79 bits per heavy atom. The molecule has 0 saturated carbocycles. The second-order valence-corrected chi connectivity index (χ2v) is 13.1. The molecule has 5 rings (SSSR count). The molecule has 1 aliphatic heterocycles. The molecule has 1 aromatic heterocycles. The number of nitrogens with zero attached hydrogens (tertiary/aromatic N) is 3. The first kappa shape index (κ1) is 27.9. The van der Waals surface area contributed by atoms with E-state index in [9.17, 15) is 23.1 Å². The van der Waals surface area contributed by atoms with Crippen molar-refractivity contribution in [2.75, 3.05) is 4.90 Å². The summed E-state index contributed by atoms with van der Waals surface area (Å²) in [5.41, 5.74) is -0.277. The van der Waals surface area contributed by atoms with E-state index in [1.165, 1.54) is 21.7 Å². The first-order chi connectivity index (χ1) is 18.4. The molecule has 13 heteroatoms. The van der Waals surface area contributed by atoms with Crippen LogP contribution in [0.25, 0.3) is 0 Å². The van der Waals surface area contributed by atoms with Crippen molar-refractivity contribution in [1.29, 1.82) is 0 Å². The minimum Gasteiger partial charge on any atom is -0.481 e. The van der Waals surface area contributed by atoms with Crippen molar-refractivity contribution in [3.05, 3.63) is 80.9 Å². The highest BCUT2D eigenvalue weighted by Crippen LogP contribution is 2.44. The SMILES string of the molecule is CC1(Cc2ccc(Br)cc2)C(=O)N(c2cc(Cl)cc(Cl)c2)c2ncc(S(=O)(=O)NC3CC=CCC3C(=O)O)n21. The van der Waals surface area contributed by atoms with Gasteiger partial charge >= 0.3 is 5.97 Å². The average Bonchev–Trinajstić information content (AvgIpc) is 3.39. The number of hydrogen-bond donors (Lipinski definition) is 2. The molecule has 9 nitrogen and oxygen atoms in total. The summed E-state index contributed by atoms with van der Waals surface area (Å²) in [6.07, 6.45) is 5.23. The van der Waals surface area contributed by atoms with Crippen molar-refractivity contribution in [3.63, 3.8) is 0 Å². The third-order valence-corrected chi connectivity index (χ3v) is 9.38. The number of carbonyl (C=O) groups excluding carboxylic acids is 1. The molecule has 39 heavy (non-hydrogen) atoms. The highest BCUT2D eigenvalue weighted by molar-refractivity contribution is 9.10. The number of rotatable bonds is 7. The first-order valence-corrected chi connectivity index (χ1v) is 15.0. The number of aromatic nitrogens is 2. The summed E-state index contributed by atoms with van der Waals surface area (Å²) in [6.45, 7) is 1.65. The second-order valence-electron chi connectivity index (χ2n) is 9.69. The minimum absolute atomic E-state index is 0.0802. The zero-order valence-electron chi connectivity index (χ0n) is 20.5. The summed E-state index contributed by atoms with van der Waals surface area (Å²) < 4.78 is 32.3. The molecule has 1 amide bonds. The van der Waals surface area contributed by atoms with Crippen LogP contribution in [-0.4, -0.2) is 41.0 Å². The van der Waals surface area contributed by atoms with E-state index in [0.717, 1.165) is 10.0 Å². The summed E-state index contributed by atoms with van der Waals surface area (Å²) in [7, 11) is -4.31. The number of imidazole rings is 1. The highest BCUT2D eigenvalue weighted by atomic mass is 79.9. The molecular formula is C26H23BrCl2N4O5S. The molecule has 3 atom stereocenters. The van der Waals surface area contributed by atoms with E-state index in [4.69, 9.17) is 23.2 Å². The number of benzene rings is 2. The van der Waals surface area contributed by atoms with Gasteiger partial charge in [-0.05, 0) is 55.7 Å². The number of anilines is 2. The van der Waals surface area contributed by atoms with Gasteiger partial charge in [-0.1, -0.05) is 63.4 Å². The Balaban J connectivity index is 1.63. The summed E-state index contributed by atoms with van der Waals surface area (Å²) in [5, 5.41) is 9.98. The number of nitrogens with one attached hydrogen (secondary N) is 1. The number of carbonyl (C=O) groups is 2. The predicted octanol–water partition coefficient (Wildman–Crippen LogP) is 5.29. The summed E-state index contributed by atoms with van der Waals surface area (Å²) >= 11 is 15.9. The van der Waals surface area contributed by atoms with Crippen LogP contribution in [0.15, 0.2) is 70.3 Å². The Kier molecular flexibility index (Phi) is 7.40. The molecule has 0 radical (unpaired) electrons. The smallest absolute Gasteiger partial charge is 0.308 e. The van der Waals surface area contributed by atoms with Gasteiger partial charge in [-0.15, -0.1) is 0 Å². The molecule has 2 heterocycles. The van der Waals surface area contributed by atoms with Gasteiger partial charge in [-0.25, -0.2) is 23.0 Å². The lowest BCUT2D eigenvalue weighted by Crippen LogP contribution is -2.46. The van der Waals surface area contributed by atoms with E-state index in [-0.39, 0.29) is 30.2 Å². The van der Waals surface area contributed by atoms with Gasteiger partial charge in [0.05, 0.1) is 17.8 Å². The van der Waals surface area contributed by atoms with Gasteiger partial charge in [0.2, 0.25) is 5.95 Å². The number of sulfonamides is 1. The van der Waals surface area contributed by atoms with Crippen molar-refractivity contribution < 1.29 is 23.1 Å². The standard InChI is InChI=1S/C26H23BrCl2N4O5S/c1-26(13-15-6-8-16(27)9-7-15)24(36)32(19-11-17(28)10-18(29)12-19)25-30-14-22(33(25)26)39(37,38)31-21-5-3-2-4-20(21)23(34)35/h2-3,6-12,14,20-21,31H,4-5,13H2,1H3,(H,34,35). The van der Waals surface area contributed by atoms with Crippen molar-refractivity contribution >= 4 is 72.7 Å². The van der Waals surface area contributed by atoms with Gasteiger partial charge in [-0.3, -0.25) is 14.2 Å². The lowest BCUT2D eigenvalue weighted by atomic mass is 9.90. The minimum atomic E-state index is -4.31. The number of amides is 1. The van der Waals surface area contributed by atoms with Crippen LogP contribution in [0.3, 0.4) is 0 Å². The number of carboxylic acid groups (broad SMARTS) is 1. The zero-order valence-corrected chi connectivity index (χ0v) is 24.4. The Labute approximate surface area is 243 Å². The highest BCUT2D eigenvalue weighted by Gasteiger charge is 2.52. The normalized spacial score (nSPS) is 22.8. The maximum absolute atomic E-state index is 14.1. The number of allylic oxidation sites excluding steroid dienone is 1. The quantitative estimate of drug-likeness (QED) is 0.335. The summed E-state index contributed by atoms with van der Waals surface area (Å²) in [5.74, 6) is -2.36. The first-order valence-electron chi connectivity index (χ1n) is 11.9. The van der Waals surface area contributed by atoms with Crippen molar-refractivity contribution in [1.82, 2.24) is 14.3 Å². The Bertz CT molecular complexity index is 1590. The van der Waals surface area contributed by atoms with Crippen molar-refractivity contribution in [2.45, 2.75) is 42.8 Å². The molecule has 3 unspecified atom stereocenters. The third-order valence-electron chi connectivity index (χ3n) is 6.97. The van der Waals surface area contributed by atoms with Crippen LogP contribution in [0.2, 0.25) is 10.0 Å². The molecular weight excluding hydrogens is 631 g/mol. The van der Waals surface area contributed by atoms with Gasteiger partial charge in [0, 0.05) is 27.0 Å². The molecule has 2 aliphatic rings. The van der Waals surface area contributed by atoms with E-state index in [1.807, 2.05) is 24.3 Å². The van der Waals surface area contributed by atoms with Crippen LogP contribution >= 0.6 is 39.1 Å². The predicted molar refractivity (Wildman–Crippen MR) is 151 cm³/mol. The number of aliphatic carboxylic acids is 1. The lowest BCUT2D eigenvalue weighted by Gasteiger charge is -2.28. The van der Waals surface area contributed by atoms with Gasteiger partial charge in [0.15, 0.2) is 5.03 Å². The van der Waals surface area contributed by atoms with Crippen LogP contribution in [0.4, 0.5) is 11.6 Å². The largest absolute Gasteiger partial charge is 0.481 e. The molecule has 3 aromatic rings. The molecule has 0 bridgehead atoms. The van der Waals surface area contributed by atoms with Crippen molar-refractivity contribution in [2.24, 2.45) is 5.92 Å². The fourth-order valence-corrected chi connectivity index (χ4v) is 7.37. The van der Waals surface area contributed by atoms with Gasteiger partial charge in [-0.2, -0.15) is 0 Å². The molecule has 2 N–H and O–H groups in total. The molecule has 0 fully saturated rings. The van der Waals surface area contributed by atoms with Crippen LogP contribution < -0.4 is 9.62 Å². The zero-order chi connectivity index (χ0) is 28.1. The van der Waals surface area contributed by atoms with E-state index in [1.54, 1.807) is 31.2 Å². The van der Waals surface area contributed by atoms with E-state index < -0.39 is 39.4 Å². The third kappa shape index (κ3) is 5.14. The fourth-order valence-electron chi connectivity index (χ4n) is 5.10. The fraction of sp³-hybridized carbons (Fsp3) is 0.269. The van der Waals surface area contributed by atoms with Crippen LogP contribution in [-0.2, 0) is 31.6 Å². The van der Waals surface area contributed by atoms with E-state index in [2.05, 4.69) is 25.6 Å². The van der Waals surface area contributed by atoms with Gasteiger partial charge < -0.3 is 5.11 Å². The molecule has 2 aromatic carbocycles. The van der Waals surface area contributed by atoms with Crippen LogP contribution in [0.5, 0.6) is 0 Å². The number of fused-ring (bicyclic) bond motifs is 1.